The summed E-state index contributed by atoms with van der Waals surface area (Å²) in [5.41, 5.74) is -5.33. The Morgan fingerprint density at radius 2 is 1.73 bits per heavy atom. The molecule has 11 heavy (non-hydrogen) atoms. The molecule has 0 bridgehead atoms. The predicted molar refractivity (Wildman–Crippen MR) is 28.5 cm³/mol. The van der Waals surface area contributed by atoms with Crippen molar-refractivity contribution in [2.24, 2.45) is 0 Å². The molecule has 8 heteroatoms. The van der Waals surface area contributed by atoms with Gasteiger partial charge in [-0.05, 0) is 0 Å². The van der Waals surface area contributed by atoms with Crippen LogP contribution in [0.2, 0.25) is 0 Å². The van der Waals surface area contributed by atoms with Gasteiger partial charge in [0.2, 0.25) is 0 Å². The minimum atomic E-state index is -5.33. The summed E-state index contributed by atoms with van der Waals surface area (Å²) >= 11 is 0. The van der Waals surface area contributed by atoms with Crippen molar-refractivity contribution in [2.75, 3.05) is 13.2 Å². The molecule has 0 saturated heterocycles. The van der Waals surface area contributed by atoms with Crippen LogP contribution in [0.4, 0.5) is 13.2 Å². The largest absolute Gasteiger partial charge is 0.511 e. The van der Waals surface area contributed by atoms with E-state index in [-0.39, 0.29) is 0 Å². The zero-order chi connectivity index (χ0) is 9.12. The molecule has 0 heterocycles. The van der Waals surface area contributed by atoms with Crippen LogP contribution >= 0.6 is 0 Å². The minimum Gasteiger partial charge on any atom is -0.235 e. The van der Waals surface area contributed by atoms with Crippen LogP contribution in [-0.4, -0.2) is 27.1 Å². The summed E-state index contributed by atoms with van der Waals surface area (Å²) < 4.78 is 55.4. The van der Waals surface area contributed by atoms with E-state index in [1.807, 2.05) is 0 Å². The molecule has 0 aliphatic carbocycles. The van der Waals surface area contributed by atoms with Crippen molar-refractivity contribution in [3.63, 3.8) is 0 Å². The Bertz CT molecular complexity index is 208. The molecule has 0 unspecified atom stereocenters. The lowest BCUT2D eigenvalue weighted by atomic mass is 10.8. The maximum absolute atomic E-state index is 11.4. The highest BCUT2D eigenvalue weighted by Gasteiger charge is 2.45. The molecule has 67 valence electrons. The second-order valence-electron chi connectivity index (χ2n) is 1.55. The molecular formula is C3H5F3NO3S. The molecule has 0 fully saturated rings. The maximum Gasteiger partial charge on any atom is 0.511 e. The van der Waals surface area contributed by atoms with Gasteiger partial charge in [-0.3, -0.25) is 0 Å². The molecule has 0 saturated carbocycles. The van der Waals surface area contributed by atoms with Crippen LogP contribution in [0.15, 0.2) is 0 Å². The van der Waals surface area contributed by atoms with Crippen LogP contribution in [0.5, 0.6) is 0 Å². The molecule has 4 nitrogen and oxygen atoms in total. The number of nitrogens with one attached hydrogen (secondary N) is 1. The summed E-state index contributed by atoms with van der Waals surface area (Å²) in [6, 6.07) is 0. The Hall–Kier alpha value is -0.340. The molecule has 0 aliphatic heterocycles. The molecule has 0 rings (SSSR count). The summed E-state index contributed by atoms with van der Waals surface area (Å²) in [5, 5.41) is 9.61. The van der Waals surface area contributed by atoms with E-state index < -0.39 is 28.7 Å². The van der Waals surface area contributed by atoms with Crippen molar-refractivity contribution < 1.29 is 26.7 Å². The Balaban J connectivity index is 4.26. The van der Waals surface area contributed by atoms with Crippen molar-refractivity contribution in [1.29, 1.82) is 0 Å². The lowest BCUT2D eigenvalue weighted by Crippen LogP contribution is -2.37. The third-order valence-corrected chi connectivity index (χ3v) is 1.89. The van der Waals surface area contributed by atoms with Crippen LogP contribution in [0.25, 0.3) is 0 Å². The third kappa shape index (κ3) is 3.04. The van der Waals surface area contributed by atoms with E-state index in [2.05, 4.69) is 0 Å². The maximum atomic E-state index is 11.4. The average Bonchev–Trinajstić information content (AvgIpc) is 1.81. The van der Waals surface area contributed by atoms with Gasteiger partial charge in [0.05, 0.1) is 6.61 Å². The van der Waals surface area contributed by atoms with Crippen molar-refractivity contribution in [3.8, 4) is 0 Å². The number of hydrogen-bond acceptors (Lipinski definition) is 2. The summed E-state index contributed by atoms with van der Waals surface area (Å²) in [6.07, 6.45) is 0. The molecule has 1 N–H and O–H groups in total. The van der Waals surface area contributed by atoms with Gasteiger partial charge in [0, 0.05) is 6.54 Å². The minimum absolute atomic E-state index is 0.748. The topological polar surface area (TPSA) is 66.1 Å². The number of halogens is 3. The molecule has 0 aromatic carbocycles. The summed E-state index contributed by atoms with van der Waals surface area (Å²) in [7, 11) is -5.31. The van der Waals surface area contributed by atoms with Crippen LogP contribution in [0, 0.1) is 0 Å². The Morgan fingerprint density at radius 3 is 2.00 bits per heavy atom. The standard InChI is InChI=1S/C3H5F3NO3S/c4-3(5,6)11(9,10)7-1-2-8/h7H,1-2H2. The second kappa shape index (κ2) is 3.37. The van der Waals surface area contributed by atoms with E-state index in [4.69, 9.17) is 0 Å². The number of hydrogen-bond donors (Lipinski definition) is 1. The third-order valence-electron chi connectivity index (χ3n) is 0.699. The molecule has 0 aromatic rings. The van der Waals surface area contributed by atoms with Crippen molar-refractivity contribution in [1.82, 2.24) is 4.72 Å². The van der Waals surface area contributed by atoms with E-state index in [0.717, 1.165) is 4.72 Å². The smallest absolute Gasteiger partial charge is 0.235 e. The van der Waals surface area contributed by atoms with E-state index in [0.29, 0.717) is 0 Å². The van der Waals surface area contributed by atoms with E-state index in [9.17, 15) is 26.7 Å². The first-order valence-corrected chi connectivity index (χ1v) is 3.93. The fourth-order valence-electron chi connectivity index (χ4n) is 0.258. The number of sulfonamides is 1. The van der Waals surface area contributed by atoms with Gasteiger partial charge in [-0.2, -0.15) is 13.2 Å². The average molecular weight is 192 g/mol. The Labute approximate surface area is 61.1 Å². The van der Waals surface area contributed by atoms with E-state index in [1.165, 1.54) is 0 Å². The molecule has 0 atom stereocenters. The predicted octanol–water partition coefficient (Wildman–Crippen LogP) is -0.144. The SMILES string of the molecule is [O]CCNS(=O)(=O)C(F)(F)F. The Morgan fingerprint density at radius 1 is 1.27 bits per heavy atom. The molecule has 0 amide bonds. The van der Waals surface area contributed by atoms with Gasteiger partial charge in [-0.15, -0.1) is 0 Å². The fourth-order valence-corrected chi connectivity index (χ4v) is 0.774. The first-order valence-electron chi connectivity index (χ1n) is 2.45. The fraction of sp³-hybridized carbons (Fsp3) is 1.00. The lowest BCUT2D eigenvalue weighted by Gasteiger charge is -2.06. The normalized spacial score (nSPS) is 13.5. The summed E-state index contributed by atoms with van der Waals surface area (Å²) in [6.45, 7) is -1.67. The molecule has 1 radical (unpaired) electrons. The highest BCUT2D eigenvalue weighted by molar-refractivity contribution is 7.90. The highest BCUT2D eigenvalue weighted by Crippen LogP contribution is 2.20. The quantitative estimate of drug-likeness (QED) is 0.676. The van der Waals surface area contributed by atoms with Crippen molar-refractivity contribution in [2.45, 2.75) is 5.51 Å². The van der Waals surface area contributed by atoms with Gasteiger partial charge in [-0.1, -0.05) is 0 Å². The molecule has 0 spiro atoms. The van der Waals surface area contributed by atoms with E-state index in [1.54, 1.807) is 0 Å². The first-order chi connectivity index (χ1) is 4.81. The zero-order valence-corrected chi connectivity index (χ0v) is 6.00. The molecule has 0 aliphatic rings. The van der Waals surface area contributed by atoms with Crippen molar-refractivity contribution >= 4 is 10.0 Å². The van der Waals surface area contributed by atoms with Gasteiger partial charge < -0.3 is 0 Å². The van der Waals surface area contributed by atoms with Gasteiger partial charge >= 0.3 is 15.5 Å². The van der Waals surface area contributed by atoms with Gasteiger partial charge in [0.15, 0.2) is 0 Å². The van der Waals surface area contributed by atoms with Crippen LogP contribution in [0.3, 0.4) is 0 Å². The molecule has 0 aromatic heterocycles. The van der Waals surface area contributed by atoms with Gasteiger partial charge in [0.25, 0.3) is 0 Å². The lowest BCUT2D eigenvalue weighted by molar-refractivity contribution is -0.0448. The Kier molecular flexibility index (Phi) is 3.27. The second-order valence-corrected chi connectivity index (χ2v) is 3.31. The molecular weight excluding hydrogens is 187 g/mol. The number of rotatable bonds is 3. The zero-order valence-electron chi connectivity index (χ0n) is 5.18. The summed E-state index contributed by atoms with van der Waals surface area (Å²) in [4.78, 5) is 0. The van der Waals surface area contributed by atoms with Crippen molar-refractivity contribution in [3.05, 3.63) is 0 Å². The van der Waals surface area contributed by atoms with Crippen LogP contribution < -0.4 is 4.72 Å². The van der Waals surface area contributed by atoms with Crippen LogP contribution in [-0.2, 0) is 15.1 Å². The first kappa shape index (κ1) is 10.7. The van der Waals surface area contributed by atoms with Gasteiger partial charge in [-0.25, -0.2) is 18.2 Å². The van der Waals surface area contributed by atoms with Crippen LogP contribution in [0.1, 0.15) is 0 Å². The highest BCUT2D eigenvalue weighted by atomic mass is 32.2. The van der Waals surface area contributed by atoms with Gasteiger partial charge in [0.1, 0.15) is 0 Å². The number of alkyl halides is 3. The summed E-state index contributed by atoms with van der Waals surface area (Å²) in [5.74, 6) is 0. The monoisotopic (exact) mass is 192 g/mol. The van der Waals surface area contributed by atoms with E-state index >= 15 is 0 Å².